The molecule has 0 saturated heterocycles. The highest BCUT2D eigenvalue weighted by molar-refractivity contribution is 14.0. The highest BCUT2D eigenvalue weighted by Gasteiger charge is 2.06. The van der Waals surface area contributed by atoms with Crippen molar-refractivity contribution < 1.29 is 9.15 Å². The number of benzene rings is 2. The number of hydrogen-bond acceptors (Lipinski definition) is 4. The Kier molecular flexibility index (Phi) is 9.82. The van der Waals surface area contributed by atoms with Crippen LogP contribution in [0.3, 0.4) is 0 Å². The molecule has 30 heavy (non-hydrogen) atoms. The summed E-state index contributed by atoms with van der Waals surface area (Å²) >= 11 is 0. The molecular weight excluding hydrogens is 491 g/mol. The average molecular weight is 520 g/mol. The Morgan fingerprint density at radius 3 is 2.10 bits per heavy atom. The minimum atomic E-state index is 0. The number of aromatic nitrogens is 1. The number of nitrogens with zero attached hydrogens (tertiary/aromatic N) is 2. The van der Waals surface area contributed by atoms with E-state index in [2.05, 4.69) is 57.0 Å². The summed E-state index contributed by atoms with van der Waals surface area (Å²) in [6, 6.07) is 18.6. The molecule has 6 nitrogen and oxygen atoms in total. The van der Waals surface area contributed by atoms with E-state index < -0.39 is 0 Å². The zero-order valence-corrected chi connectivity index (χ0v) is 20.0. The first-order chi connectivity index (χ1) is 14.1. The Hall–Kier alpha value is -2.39. The molecule has 1 heterocycles. The molecule has 0 amide bonds. The Balaban J connectivity index is 0.00000320. The molecule has 0 spiro atoms. The van der Waals surface area contributed by atoms with Gasteiger partial charge in [0, 0.05) is 13.6 Å². The van der Waals surface area contributed by atoms with Gasteiger partial charge in [0.25, 0.3) is 0 Å². The standard InChI is InChI=1S/C23H28N4O2.HI/c1-17-18(2)29-22(27-17)14-26-23(24-3)25-13-19-9-11-21(12-10-19)16-28-15-20-7-5-4-6-8-20;/h4-12H,13-16H2,1-3H3,(H2,24,25,26);1H. The Labute approximate surface area is 195 Å². The third-order valence-corrected chi connectivity index (χ3v) is 4.57. The Morgan fingerprint density at radius 2 is 1.50 bits per heavy atom. The molecular formula is C23H29IN4O2. The molecule has 0 atom stereocenters. The molecule has 0 aliphatic rings. The van der Waals surface area contributed by atoms with Crippen LogP contribution in [0.5, 0.6) is 0 Å². The second kappa shape index (κ2) is 12.3. The molecule has 3 rings (SSSR count). The summed E-state index contributed by atoms with van der Waals surface area (Å²) in [5, 5.41) is 6.51. The SMILES string of the molecule is CN=C(NCc1ccc(COCc2ccccc2)cc1)NCc1nc(C)c(C)o1.I. The van der Waals surface area contributed by atoms with Crippen molar-refractivity contribution in [2.24, 2.45) is 4.99 Å². The van der Waals surface area contributed by atoms with E-state index in [0.717, 1.165) is 17.0 Å². The molecule has 0 fully saturated rings. The molecule has 160 valence electrons. The summed E-state index contributed by atoms with van der Waals surface area (Å²) in [7, 11) is 1.74. The van der Waals surface area contributed by atoms with Gasteiger partial charge in [-0.15, -0.1) is 24.0 Å². The predicted molar refractivity (Wildman–Crippen MR) is 130 cm³/mol. The van der Waals surface area contributed by atoms with Gasteiger partial charge < -0.3 is 19.8 Å². The molecule has 0 aliphatic heterocycles. The van der Waals surface area contributed by atoms with E-state index in [-0.39, 0.29) is 24.0 Å². The van der Waals surface area contributed by atoms with Gasteiger partial charge in [-0.2, -0.15) is 0 Å². The van der Waals surface area contributed by atoms with Gasteiger partial charge in [0.05, 0.1) is 25.5 Å². The fraction of sp³-hybridized carbons (Fsp3) is 0.304. The third-order valence-electron chi connectivity index (χ3n) is 4.57. The lowest BCUT2D eigenvalue weighted by atomic mass is 10.1. The number of rotatable bonds is 8. The van der Waals surface area contributed by atoms with E-state index in [1.807, 2.05) is 32.0 Å². The first-order valence-electron chi connectivity index (χ1n) is 9.71. The van der Waals surface area contributed by atoms with E-state index in [0.29, 0.717) is 38.2 Å². The smallest absolute Gasteiger partial charge is 0.214 e. The number of oxazole rings is 1. The lowest BCUT2D eigenvalue weighted by Crippen LogP contribution is -2.36. The molecule has 0 aliphatic carbocycles. The highest BCUT2D eigenvalue weighted by Crippen LogP contribution is 2.09. The van der Waals surface area contributed by atoms with Gasteiger partial charge >= 0.3 is 0 Å². The van der Waals surface area contributed by atoms with Crippen LogP contribution in [0.4, 0.5) is 0 Å². The van der Waals surface area contributed by atoms with Crippen molar-refractivity contribution in [1.29, 1.82) is 0 Å². The van der Waals surface area contributed by atoms with Crippen LogP contribution in [-0.2, 0) is 31.0 Å². The van der Waals surface area contributed by atoms with Gasteiger partial charge in [-0.3, -0.25) is 4.99 Å². The first-order valence-corrected chi connectivity index (χ1v) is 9.71. The van der Waals surface area contributed by atoms with Crippen molar-refractivity contribution in [3.8, 4) is 0 Å². The average Bonchev–Trinajstić information content (AvgIpc) is 3.07. The van der Waals surface area contributed by atoms with Crippen LogP contribution >= 0.6 is 24.0 Å². The highest BCUT2D eigenvalue weighted by atomic mass is 127. The van der Waals surface area contributed by atoms with Crippen LogP contribution in [0.25, 0.3) is 0 Å². The van der Waals surface area contributed by atoms with Gasteiger partial charge in [0.15, 0.2) is 5.96 Å². The fourth-order valence-electron chi connectivity index (χ4n) is 2.79. The summed E-state index contributed by atoms with van der Waals surface area (Å²) in [5.41, 5.74) is 4.42. The number of nitrogens with one attached hydrogen (secondary N) is 2. The van der Waals surface area contributed by atoms with Crippen LogP contribution in [0, 0.1) is 13.8 Å². The maximum absolute atomic E-state index is 5.79. The Bertz CT molecular complexity index is 905. The van der Waals surface area contributed by atoms with E-state index in [4.69, 9.17) is 9.15 Å². The number of aliphatic imine (C=N–C) groups is 1. The first kappa shape index (κ1) is 23.9. The van der Waals surface area contributed by atoms with Crippen LogP contribution in [0.1, 0.15) is 34.0 Å². The maximum Gasteiger partial charge on any atom is 0.214 e. The topological polar surface area (TPSA) is 71.7 Å². The molecule has 0 bridgehead atoms. The molecule has 0 radical (unpaired) electrons. The zero-order valence-electron chi connectivity index (χ0n) is 17.6. The lowest BCUT2D eigenvalue weighted by molar-refractivity contribution is 0.107. The van der Waals surface area contributed by atoms with Gasteiger partial charge in [0.1, 0.15) is 5.76 Å². The molecule has 2 N–H and O–H groups in total. The largest absolute Gasteiger partial charge is 0.444 e. The molecule has 0 saturated carbocycles. The van der Waals surface area contributed by atoms with Gasteiger partial charge in [0.2, 0.25) is 5.89 Å². The fourth-order valence-corrected chi connectivity index (χ4v) is 2.79. The normalized spacial score (nSPS) is 11.1. The molecule has 7 heteroatoms. The summed E-state index contributed by atoms with van der Waals surface area (Å²) in [5.74, 6) is 2.20. The third kappa shape index (κ3) is 7.46. The minimum Gasteiger partial charge on any atom is -0.444 e. The monoisotopic (exact) mass is 520 g/mol. The number of guanidine groups is 1. The number of hydrogen-bond donors (Lipinski definition) is 2. The summed E-state index contributed by atoms with van der Waals surface area (Å²) in [4.78, 5) is 8.60. The maximum atomic E-state index is 5.79. The van der Waals surface area contributed by atoms with Crippen molar-refractivity contribution >= 4 is 29.9 Å². The van der Waals surface area contributed by atoms with Crippen molar-refractivity contribution in [2.75, 3.05) is 7.05 Å². The van der Waals surface area contributed by atoms with E-state index in [1.54, 1.807) is 7.05 Å². The van der Waals surface area contributed by atoms with E-state index in [1.165, 1.54) is 11.1 Å². The van der Waals surface area contributed by atoms with E-state index >= 15 is 0 Å². The van der Waals surface area contributed by atoms with Crippen LogP contribution in [0.2, 0.25) is 0 Å². The molecule has 3 aromatic rings. The van der Waals surface area contributed by atoms with Gasteiger partial charge in [-0.1, -0.05) is 54.6 Å². The second-order valence-electron chi connectivity index (χ2n) is 6.82. The summed E-state index contributed by atoms with van der Waals surface area (Å²) in [6.45, 7) is 6.23. The summed E-state index contributed by atoms with van der Waals surface area (Å²) in [6.07, 6.45) is 0. The van der Waals surface area contributed by atoms with Crippen LogP contribution in [0.15, 0.2) is 64.0 Å². The minimum absolute atomic E-state index is 0. The van der Waals surface area contributed by atoms with E-state index in [9.17, 15) is 0 Å². The second-order valence-corrected chi connectivity index (χ2v) is 6.82. The molecule has 1 aromatic heterocycles. The van der Waals surface area contributed by atoms with Crippen LogP contribution < -0.4 is 10.6 Å². The summed E-state index contributed by atoms with van der Waals surface area (Å²) < 4.78 is 11.4. The van der Waals surface area contributed by atoms with Gasteiger partial charge in [-0.25, -0.2) is 4.98 Å². The zero-order chi connectivity index (χ0) is 20.5. The quantitative estimate of drug-likeness (QED) is 0.260. The molecule has 2 aromatic carbocycles. The van der Waals surface area contributed by atoms with Crippen LogP contribution in [-0.4, -0.2) is 18.0 Å². The number of halogens is 1. The number of aryl methyl sites for hydroxylation is 2. The lowest BCUT2D eigenvalue weighted by Gasteiger charge is -2.11. The van der Waals surface area contributed by atoms with Gasteiger partial charge in [-0.05, 0) is 30.5 Å². The van der Waals surface area contributed by atoms with Crippen molar-refractivity contribution in [3.05, 3.63) is 88.6 Å². The van der Waals surface area contributed by atoms with Crippen molar-refractivity contribution in [2.45, 2.75) is 40.2 Å². The Morgan fingerprint density at radius 1 is 0.900 bits per heavy atom. The van der Waals surface area contributed by atoms with Crippen molar-refractivity contribution in [3.63, 3.8) is 0 Å². The molecule has 0 unspecified atom stereocenters. The van der Waals surface area contributed by atoms with Crippen molar-refractivity contribution in [1.82, 2.24) is 15.6 Å². The predicted octanol–water partition coefficient (Wildman–Crippen LogP) is 4.49. The number of ether oxygens (including phenoxy) is 1.